The van der Waals surface area contributed by atoms with Gasteiger partial charge in [0.05, 0.1) is 5.75 Å². The molecule has 0 aliphatic carbocycles. The molecule has 0 fully saturated rings. The highest BCUT2D eigenvalue weighted by atomic mass is 32.2. The van der Waals surface area contributed by atoms with Crippen LogP contribution in [-0.4, -0.2) is 17.0 Å². The van der Waals surface area contributed by atoms with Crippen LogP contribution in [0, 0.1) is 19.7 Å². The molecule has 0 amide bonds. The van der Waals surface area contributed by atoms with Crippen molar-refractivity contribution in [2.75, 3.05) is 12.4 Å². The molecule has 2 rings (SSSR count). The largest absolute Gasteiger partial charge is 0.373 e. The fraction of sp³-hybridized carbons (Fsp3) is 0.286. The number of anilines is 1. The molecule has 0 aliphatic heterocycles. The zero-order valence-corrected chi connectivity index (χ0v) is 12.0. The van der Waals surface area contributed by atoms with Gasteiger partial charge in [0.1, 0.15) is 17.5 Å². The van der Waals surface area contributed by atoms with Crippen molar-refractivity contribution >= 4 is 17.6 Å². The molecular formula is C14H16FN3S. The van der Waals surface area contributed by atoms with Gasteiger partial charge in [-0.15, -0.1) is 11.8 Å². The first-order valence-electron chi connectivity index (χ1n) is 6.01. The number of aromatic nitrogens is 2. The summed E-state index contributed by atoms with van der Waals surface area (Å²) in [4.78, 5) is 9.48. The number of hydrogen-bond acceptors (Lipinski definition) is 4. The van der Waals surface area contributed by atoms with Crippen molar-refractivity contribution < 1.29 is 4.39 Å². The van der Waals surface area contributed by atoms with Gasteiger partial charge < -0.3 is 5.32 Å². The third kappa shape index (κ3) is 3.23. The van der Waals surface area contributed by atoms with Crippen molar-refractivity contribution in [3.05, 3.63) is 47.2 Å². The molecule has 1 aromatic carbocycles. The smallest absolute Gasteiger partial charge is 0.141 e. The van der Waals surface area contributed by atoms with E-state index in [1.54, 1.807) is 12.1 Å². The molecule has 0 saturated carbocycles. The van der Waals surface area contributed by atoms with Crippen molar-refractivity contribution in [1.29, 1.82) is 0 Å². The molecule has 2 aromatic rings. The summed E-state index contributed by atoms with van der Waals surface area (Å²) in [5, 5.41) is 3.05. The lowest BCUT2D eigenvalue weighted by Crippen LogP contribution is -2.04. The summed E-state index contributed by atoms with van der Waals surface area (Å²) >= 11 is 1.41. The van der Waals surface area contributed by atoms with Gasteiger partial charge in [0.15, 0.2) is 0 Å². The monoisotopic (exact) mass is 277 g/mol. The SMILES string of the molecule is CNc1nc(CSc2ccccc2F)nc(C)c1C. The topological polar surface area (TPSA) is 37.8 Å². The summed E-state index contributed by atoms with van der Waals surface area (Å²) < 4.78 is 13.5. The molecule has 0 bridgehead atoms. The fourth-order valence-corrected chi connectivity index (χ4v) is 2.49. The van der Waals surface area contributed by atoms with Crippen molar-refractivity contribution in [3.8, 4) is 0 Å². The van der Waals surface area contributed by atoms with Crippen LogP contribution in [0.15, 0.2) is 29.2 Å². The van der Waals surface area contributed by atoms with Gasteiger partial charge in [-0.1, -0.05) is 12.1 Å². The molecule has 0 radical (unpaired) electrons. The summed E-state index contributed by atoms with van der Waals surface area (Å²) in [7, 11) is 1.84. The Morgan fingerprint density at radius 3 is 2.63 bits per heavy atom. The van der Waals surface area contributed by atoms with Gasteiger partial charge in [0.25, 0.3) is 0 Å². The molecule has 3 nitrogen and oxygen atoms in total. The second kappa shape index (κ2) is 6.02. The average Bonchev–Trinajstić information content (AvgIpc) is 2.41. The molecule has 1 N–H and O–H groups in total. The molecule has 100 valence electrons. The molecule has 1 aromatic heterocycles. The normalized spacial score (nSPS) is 10.5. The summed E-state index contributed by atoms with van der Waals surface area (Å²) in [5.41, 5.74) is 1.99. The Morgan fingerprint density at radius 2 is 1.95 bits per heavy atom. The van der Waals surface area contributed by atoms with E-state index < -0.39 is 0 Å². The highest BCUT2D eigenvalue weighted by Gasteiger charge is 2.08. The van der Waals surface area contributed by atoms with Crippen molar-refractivity contribution in [2.45, 2.75) is 24.5 Å². The van der Waals surface area contributed by atoms with Crippen LogP contribution in [0.3, 0.4) is 0 Å². The minimum atomic E-state index is -0.204. The second-order valence-corrected chi connectivity index (χ2v) is 5.19. The number of benzene rings is 1. The maximum Gasteiger partial charge on any atom is 0.141 e. The lowest BCUT2D eigenvalue weighted by molar-refractivity contribution is 0.602. The van der Waals surface area contributed by atoms with E-state index in [-0.39, 0.29) is 5.82 Å². The van der Waals surface area contributed by atoms with Gasteiger partial charge in [0, 0.05) is 23.2 Å². The number of hydrogen-bond donors (Lipinski definition) is 1. The van der Waals surface area contributed by atoms with Crippen LogP contribution in [0.1, 0.15) is 17.1 Å². The second-order valence-electron chi connectivity index (χ2n) is 4.17. The number of nitrogens with zero attached hydrogens (tertiary/aromatic N) is 2. The minimum Gasteiger partial charge on any atom is -0.373 e. The van der Waals surface area contributed by atoms with Crippen molar-refractivity contribution in [3.63, 3.8) is 0 Å². The van der Waals surface area contributed by atoms with E-state index in [0.717, 1.165) is 17.1 Å². The van der Waals surface area contributed by atoms with Gasteiger partial charge in [-0.25, -0.2) is 14.4 Å². The zero-order chi connectivity index (χ0) is 13.8. The van der Waals surface area contributed by atoms with E-state index >= 15 is 0 Å². The van der Waals surface area contributed by atoms with Crippen LogP contribution in [0.5, 0.6) is 0 Å². The third-order valence-corrected chi connectivity index (χ3v) is 3.91. The highest BCUT2D eigenvalue weighted by molar-refractivity contribution is 7.98. The summed E-state index contributed by atoms with van der Waals surface area (Å²) in [5.74, 6) is 1.89. The molecule has 0 saturated heterocycles. The quantitative estimate of drug-likeness (QED) is 0.867. The van der Waals surface area contributed by atoms with Crippen molar-refractivity contribution in [1.82, 2.24) is 9.97 Å². The number of aryl methyl sites for hydroxylation is 1. The fourth-order valence-electron chi connectivity index (χ4n) is 1.70. The van der Waals surface area contributed by atoms with Crippen LogP contribution in [0.4, 0.5) is 10.2 Å². The van der Waals surface area contributed by atoms with Gasteiger partial charge >= 0.3 is 0 Å². The van der Waals surface area contributed by atoms with Gasteiger partial charge in [0.2, 0.25) is 0 Å². The Morgan fingerprint density at radius 1 is 1.21 bits per heavy atom. The van der Waals surface area contributed by atoms with E-state index in [9.17, 15) is 4.39 Å². The Hall–Kier alpha value is -1.62. The molecule has 1 heterocycles. The molecule has 19 heavy (non-hydrogen) atoms. The van der Waals surface area contributed by atoms with E-state index in [4.69, 9.17) is 0 Å². The molecule has 0 atom stereocenters. The van der Waals surface area contributed by atoms with E-state index in [1.165, 1.54) is 17.8 Å². The lowest BCUT2D eigenvalue weighted by Gasteiger charge is -2.09. The van der Waals surface area contributed by atoms with Crippen LogP contribution in [0.2, 0.25) is 0 Å². The predicted octanol–water partition coefficient (Wildman–Crippen LogP) is 3.57. The molecule has 5 heteroatoms. The third-order valence-electron chi connectivity index (χ3n) is 2.87. The van der Waals surface area contributed by atoms with Crippen LogP contribution in [0.25, 0.3) is 0 Å². The summed E-state index contributed by atoms with van der Waals surface area (Å²) in [6.07, 6.45) is 0. The summed E-state index contributed by atoms with van der Waals surface area (Å²) in [6.45, 7) is 3.93. The Kier molecular flexibility index (Phi) is 4.37. The Labute approximate surface area is 116 Å². The van der Waals surface area contributed by atoms with E-state index in [0.29, 0.717) is 16.5 Å². The first-order valence-corrected chi connectivity index (χ1v) is 6.99. The standard InChI is InChI=1S/C14H16FN3S/c1-9-10(2)17-13(18-14(9)16-3)8-19-12-7-5-4-6-11(12)15/h4-7H,8H2,1-3H3,(H,16,17,18). The maximum absolute atomic E-state index is 13.5. The number of thioether (sulfide) groups is 1. The average molecular weight is 277 g/mol. The van der Waals surface area contributed by atoms with Gasteiger partial charge in [-0.2, -0.15) is 0 Å². The highest BCUT2D eigenvalue weighted by Crippen LogP contribution is 2.25. The predicted molar refractivity (Wildman–Crippen MR) is 77.0 cm³/mol. The van der Waals surface area contributed by atoms with Crippen molar-refractivity contribution in [2.24, 2.45) is 0 Å². The number of halogens is 1. The number of rotatable bonds is 4. The van der Waals surface area contributed by atoms with Crippen LogP contribution < -0.4 is 5.32 Å². The summed E-state index contributed by atoms with van der Waals surface area (Å²) in [6, 6.07) is 6.74. The first kappa shape index (κ1) is 13.8. The van der Waals surface area contributed by atoms with Crippen LogP contribution in [-0.2, 0) is 5.75 Å². The Balaban J connectivity index is 2.16. The molecular weight excluding hydrogens is 261 g/mol. The van der Waals surface area contributed by atoms with Gasteiger partial charge in [-0.05, 0) is 26.0 Å². The van der Waals surface area contributed by atoms with Gasteiger partial charge in [-0.3, -0.25) is 0 Å². The maximum atomic E-state index is 13.5. The minimum absolute atomic E-state index is 0.204. The van der Waals surface area contributed by atoms with E-state index in [1.807, 2.05) is 27.0 Å². The molecule has 0 spiro atoms. The first-order chi connectivity index (χ1) is 9.11. The Bertz CT molecular complexity index is 587. The zero-order valence-electron chi connectivity index (χ0n) is 11.2. The lowest BCUT2D eigenvalue weighted by atomic mass is 10.2. The number of nitrogens with one attached hydrogen (secondary N) is 1. The van der Waals surface area contributed by atoms with Crippen LogP contribution >= 0.6 is 11.8 Å². The molecule has 0 unspecified atom stereocenters. The molecule has 0 aliphatic rings. The van der Waals surface area contributed by atoms with E-state index in [2.05, 4.69) is 15.3 Å².